The van der Waals surface area contributed by atoms with Gasteiger partial charge in [-0.1, -0.05) is 13.0 Å². The Labute approximate surface area is 127 Å². The Hall–Kier alpha value is -1.11. The van der Waals surface area contributed by atoms with Crippen molar-refractivity contribution in [1.29, 1.82) is 0 Å². The van der Waals surface area contributed by atoms with Gasteiger partial charge in [0.05, 0.1) is 4.90 Å². The van der Waals surface area contributed by atoms with E-state index in [1.165, 1.54) is 5.56 Å². The molecule has 0 radical (unpaired) electrons. The van der Waals surface area contributed by atoms with E-state index in [2.05, 4.69) is 24.1 Å². The Morgan fingerprint density at radius 3 is 2.86 bits per heavy atom. The molecular formula is C15H23N3O2S. The summed E-state index contributed by atoms with van der Waals surface area (Å²) < 4.78 is 27.2. The Kier molecular flexibility index (Phi) is 3.94. The van der Waals surface area contributed by atoms with Crippen LogP contribution in [0.15, 0.2) is 23.1 Å². The highest BCUT2D eigenvalue weighted by atomic mass is 32.2. The molecule has 1 N–H and O–H groups in total. The van der Waals surface area contributed by atoms with Gasteiger partial charge in [-0.25, -0.2) is 8.42 Å². The van der Waals surface area contributed by atoms with Gasteiger partial charge in [0.25, 0.3) is 0 Å². The molecule has 116 valence electrons. The monoisotopic (exact) mass is 309 g/mol. The summed E-state index contributed by atoms with van der Waals surface area (Å²) in [4.78, 5) is 2.73. The van der Waals surface area contributed by atoms with Gasteiger partial charge in [0.15, 0.2) is 0 Å². The lowest BCUT2D eigenvalue weighted by Gasteiger charge is -2.38. The van der Waals surface area contributed by atoms with Gasteiger partial charge in [-0.2, -0.15) is 4.31 Å². The highest BCUT2D eigenvalue weighted by molar-refractivity contribution is 7.89. The predicted molar refractivity (Wildman–Crippen MR) is 84.1 cm³/mol. The first-order chi connectivity index (χ1) is 10.0. The molecule has 1 aromatic rings. The molecule has 0 saturated carbocycles. The van der Waals surface area contributed by atoms with Gasteiger partial charge < -0.3 is 5.32 Å². The topological polar surface area (TPSA) is 52.7 Å². The average Bonchev–Trinajstić information content (AvgIpc) is 2.94. The molecule has 21 heavy (non-hydrogen) atoms. The van der Waals surface area contributed by atoms with Crippen molar-refractivity contribution < 1.29 is 8.42 Å². The Morgan fingerprint density at radius 1 is 1.33 bits per heavy atom. The molecule has 2 aliphatic heterocycles. The highest BCUT2D eigenvalue weighted by Crippen LogP contribution is 2.27. The number of rotatable bonds is 3. The second-order valence-corrected chi connectivity index (χ2v) is 7.77. The van der Waals surface area contributed by atoms with Gasteiger partial charge >= 0.3 is 0 Å². The smallest absolute Gasteiger partial charge is 0.243 e. The quantitative estimate of drug-likeness (QED) is 0.916. The van der Waals surface area contributed by atoms with E-state index in [4.69, 9.17) is 0 Å². The third-order valence-electron chi connectivity index (χ3n) is 4.56. The molecule has 5 nitrogen and oxygen atoms in total. The van der Waals surface area contributed by atoms with Crippen molar-refractivity contribution in [3.05, 3.63) is 23.8 Å². The number of piperazine rings is 1. The zero-order chi connectivity index (χ0) is 15.0. The number of hydrogen-bond acceptors (Lipinski definition) is 4. The molecule has 0 amide bonds. The molecule has 0 bridgehead atoms. The van der Waals surface area contributed by atoms with E-state index in [0.717, 1.165) is 31.7 Å². The fourth-order valence-corrected chi connectivity index (χ4v) is 4.77. The maximum Gasteiger partial charge on any atom is 0.243 e. The molecule has 0 spiro atoms. The number of nitrogens with zero attached hydrogens (tertiary/aromatic N) is 2. The van der Waals surface area contributed by atoms with Crippen molar-refractivity contribution >= 4 is 15.7 Å². The maximum atomic E-state index is 12.8. The first-order valence-corrected chi connectivity index (χ1v) is 9.07. The zero-order valence-corrected chi connectivity index (χ0v) is 13.5. The highest BCUT2D eigenvalue weighted by Gasteiger charge is 2.32. The van der Waals surface area contributed by atoms with Crippen molar-refractivity contribution in [3.63, 3.8) is 0 Å². The van der Waals surface area contributed by atoms with Gasteiger partial charge in [-0.05, 0) is 37.6 Å². The lowest BCUT2D eigenvalue weighted by Crippen LogP contribution is -2.53. The lowest BCUT2D eigenvalue weighted by atomic mass is 10.2. The number of likely N-dealkylation sites (N-methyl/N-ethyl adjacent to an activating group) is 1. The predicted octanol–water partition coefficient (Wildman–Crippen LogP) is 1.37. The van der Waals surface area contributed by atoms with Crippen LogP contribution in [0, 0.1) is 0 Å². The van der Waals surface area contributed by atoms with Gasteiger partial charge in [0, 0.05) is 37.9 Å². The summed E-state index contributed by atoms with van der Waals surface area (Å²) in [6.07, 6.45) is 0.974. The van der Waals surface area contributed by atoms with Crippen molar-refractivity contribution in [2.45, 2.75) is 31.2 Å². The molecular weight excluding hydrogens is 286 g/mol. The van der Waals surface area contributed by atoms with Gasteiger partial charge in [-0.3, -0.25) is 4.90 Å². The maximum absolute atomic E-state index is 12.8. The van der Waals surface area contributed by atoms with Crippen LogP contribution in [-0.4, -0.2) is 56.4 Å². The summed E-state index contributed by atoms with van der Waals surface area (Å²) in [5.74, 6) is 0. The second-order valence-electron chi connectivity index (χ2n) is 5.84. The van der Waals surface area contributed by atoms with Crippen molar-refractivity contribution in [2.75, 3.05) is 38.0 Å². The third-order valence-corrected chi connectivity index (χ3v) is 6.42. The number of fused-ring (bicyclic) bond motifs is 1. The number of hydrogen-bond donors (Lipinski definition) is 1. The summed E-state index contributed by atoms with van der Waals surface area (Å²) >= 11 is 0. The van der Waals surface area contributed by atoms with E-state index in [1.807, 2.05) is 6.07 Å². The minimum Gasteiger partial charge on any atom is -0.384 e. The fourth-order valence-electron chi connectivity index (χ4n) is 3.23. The molecule has 1 atom stereocenters. The summed E-state index contributed by atoms with van der Waals surface area (Å²) in [7, 11) is -3.38. The van der Waals surface area contributed by atoms with Crippen molar-refractivity contribution in [2.24, 2.45) is 0 Å². The molecule has 2 heterocycles. The van der Waals surface area contributed by atoms with E-state index < -0.39 is 10.0 Å². The van der Waals surface area contributed by atoms with Crippen molar-refractivity contribution in [3.8, 4) is 0 Å². The summed E-state index contributed by atoms with van der Waals surface area (Å²) in [5, 5.41) is 3.25. The summed E-state index contributed by atoms with van der Waals surface area (Å²) in [5.41, 5.74) is 2.18. The van der Waals surface area contributed by atoms with Crippen LogP contribution in [0.25, 0.3) is 0 Å². The number of nitrogens with one attached hydrogen (secondary N) is 1. The van der Waals surface area contributed by atoms with Crippen LogP contribution in [0.3, 0.4) is 0 Å². The Morgan fingerprint density at radius 2 is 2.14 bits per heavy atom. The van der Waals surface area contributed by atoms with E-state index in [0.29, 0.717) is 18.0 Å². The molecule has 1 unspecified atom stereocenters. The minimum atomic E-state index is -3.38. The second kappa shape index (κ2) is 5.59. The number of benzene rings is 1. The standard InChI is InChI=1S/C15H23N3O2S/c1-3-17-8-9-18(11-12(17)2)21(19,20)14-5-4-13-6-7-16-15(13)10-14/h4-5,10,12,16H,3,6-9,11H2,1-2H3. The fraction of sp³-hybridized carbons (Fsp3) is 0.600. The Bertz CT molecular complexity index is 630. The van der Waals surface area contributed by atoms with E-state index in [-0.39, 0.29) is 6.04 Å². The van der Waals surface area contributed by atoms with Crippen LogP contribution in [0.1, 0.15) is 19.4 Å². The van der Waals surface area contributed by atoms with Crippen LogP contribution >= 0.6 is 0 Å². The van der Waals surface area contributed by atoms with Crippen LogP contribution in [0.5, 0.6) is 0 Å². The van der Waals surface area contributed by atoms with Crippen LogP contribution < -0.4 is 5.32 Å². The van der Waals surface area contributed by atoms with Crippen molar-refractivity contribution in [1.82, 2.24) is 9.21 Å². The zero-order valence-electron chi connectivity index (χ0n) is 12.7. The first-order valence-electron chi connectivity index (χ1n) is 7.63. The SMILES string of the molecule is CCN1CCN(S(=O)(=O)c2ccc3c(c2)NCC3)CC1C. The normalized spacial score (nSPS) is 23.8. The molecule has 1 fully saturated rings. The van der Waals surface area contributed by atoms with E-state index in [1.54, 1.807) is 16.4 Å². The van der Waals surface area contributed by atoms with E-state index in [9.17, 15) is 8.42 Å². The minimum absolute atomic E-state index is 0.270. The lowest BCUT2D eigenvalue weighted by molar-refractivity contribution is 0.135. The molecule has 6 heteroatoms. The summed E-state index contributed by atoms with van der Waals surface area (Å²) in [6, 6.07) is 5.74. The summed E-state index contributed by atoms with van der Waals surface area (Å²) in [6.45, 7) is 8.02. The van der Waals surface area contributed by atoms with Crippen LogP contribution in [0.2, 0.25) is 0 Å². The molecule has 0 aromatic heterocycles. The molecule has 1 aromatic carbocycles. The van der Waals surface area contributed by atoms with Gasteiger partial charge in [-0.15, -0.1) is 0 Å². The number of anilines is 1. The third kappa shape index (κ3) is 2.67. The molecule has 0 aliphatic carbocycles. The van der Waals surface area contributed by atoms with Crippen LogP contribution in [0.4, 0.5) is 5.69 Å². The van der Waals surface area contributed by atoms with E-state index >= 15 is 0 Å². The largest absolute Gasteiger partial charge is 0.384 e. The Balaban J connectivity index is 1.84. The van der Waals surface area contributed by atoms with Gasteiger partial charge in [0.2, 0.25) is 10.0 Å². The first kappa shape index (κ1) is 14.8. The average molecular weight is 309 g/mol. The van der Waals surface area contributed by atoms with Crippen LogP contribution in [-0.2, 0) is 16.4 Å². The molecule has 1 saturated heterocycles. The molecule has 2 aliphatic rings. The number of sulfonamides is 1. The molecule has 3 rings (SSSR count). The van der Waals surface area contributed by atoms with Gasteiger partial charge in [0.1, 0.15) is 0 Å².